The van der Waals surface area contributed by atoms with Crippen LogP contribution in [0, 0.1) is 5.82 Å². The number of alkyl carbamates (subject to hydrolysis) is 1. The number of carbonyl (C=O) groups is 1. The van der Waals surface area contributed by atoms with Crippen molar-refractivity contribution in [3.8, 4) is 0 Å². The molecule has 0 spiro atoms. The number of aromatic nitrogens is 2. The Morgan fingerprint density at radius 2 is 2.18 bits per heavy atom. The molecule has 3 heterocycles. The van der Waals surface area contributed by atoms with Gasteiger partial charge in [-0.2, -0.15) is 5.10 Å². The van der Waals surface area contributed by atoms with Crippen LogP contribution in [0.15, 0.2) is 18.2 Å². The number of hydrogen-bond acceptors (Lipinski definition) is 7. The van der Waals surface area contributed by atoms with Gasteiger partial charge in [-0.25, -0.2) is 17.6 Å². The summed E-state index contributed by atoms with van der Waals surface area (Å²) in [6.45, 7) is 3.06. The number of benzene rings is 1. The van der Waals surface area contributed by atoms with E-state index in [9.17, 15) is 17.6 Å². The Bertz CT molecular complexity index is 1180. The van der Waals surface area contributed by atoms with Crippen molar-refractivity contribution in [3.63, 3.8) is 0 Å². The molecular weight excluding hydrogens is 451 g/mol. The molecule has 2 aliphatic heterocycles. The molecule has 178 valence electrons. The molecule has 1 saturated carbocycles. The van der Waals surface area contributed by atoms with Gasteiger partial charge in [0.05, 0.1) is 29.3 Å². The third-order valence-electron chi connectivity index (χ3n) is 6.66. The number of ether oxygens (including phenoxy) is 2. The number of fused-ring (bicyclic) bond motifs is 1. The van der Waals surface area contributed by atoms with Crippen LogP contribution in [0.1, 0.15) is 55.3 Å². The lowest BCUT2D eigenvalue weighted by molar-refractivity contribution is 0.0883. The second-order valence-electron chi connectivity index (χ2n) is 9.46. The van der Waals surface area contributed by atoms with Gasteiger partial charge in [0.15, 0.2) is 21.5 Å². The minimum atomic E-state index is -3.28. The standard InChI is InChI=1S/C22H27FN4O5S/c1-22(6-7-31-12-22)25-21(28)32-15-4-2-13(8-15)18-9-19(27-26-18)24-17-5-3-14-10-33(29,30)11-16(14)20(17)23/h3,5,9,13,15H,2,4,6-8,10-12H2,1H3,(H,25,28)(H2,24,26,27). The number of aromatic amines is 1. The molecule has 2 fully saturated rings. The third-order valence-corrected chi connectivity index (χ3v) is 8.14. The van der Waals surface area contributed by atoms with Gasteiger partial charge in [-0.3, -0.25) is 5.10 Å². The first-order valence-corrected chi connectivity index (χ1v) is 12.9. The smallest absolute Gasteiger partial charge is 0.407 e. The number of hydrogen-bond donors (Lipinski definition) is 3. The van der Waals surface area contributed by atoms with E-state index in [4.69, 9.17) is 9.47 Å². The molecule has 2 aromatic rings. The zero-order valence-corrected chi connectivity index (χ0v) is 19.1. The molecular formula is C22H27FN4O5S. The fourth-order valence-electron chi connectivity index (χ4n) is 4.83. The second kappa shape index (κ2) is 8.28. The first kappa shape index (κ1) is 22.1. The molecule has 3 atom stereocenters. The number of sulfone groups is 1. The number of halogens is 1. The topological polar surface area (TPSA) is 122 Å². The molecule has 3 unspecified atom stereocenters. The van der Waals surface area contributed by atoms with Gasteiger partial charge >= 0.3 is 6.09 Å². The van der Waals surface area contributed by atoms with Crippen molar-refractivity contribution in [1.29, 1.82) is 0 Å². The van der Waals surface area contributed by atoms with Crippen LogP contribution >= 0.6 is 0 Å². The lowest BCUT2D eigenvalue weighted by Gasteiger charge is -2.24. The lowest BCUT2D eigenvalue weighted by Crippen LogP contribution is -2.47. The van der Waals surface area contributed by atoms with Crippen LogP contribution in [0.3, 0.4) is 0 Å². The summed E-state index contributed by atoms with van der Waals surface area (Å²) < 4.78 is 49.4. The summed E-state index contributed by atoms with van der Waals surface area (Å²) in [5, 5.41) is 13.1. The largest absolute Gasteiger partial charge is 0.446 e. The van der Waals surface area contributed by atoms with Crippen LogP contribution in [-0.2, 0) is 30.8 Å². The number of amides is 1. The summed E-state index contributed by atoms with van der Waals surface area (Å²) >= 11 is 0. The molecule has 1 aromatic heterocycles. The average Bonchev–Trinajstić information content (AvgIpc) is 3.51. The highest BCUT2D eigenvalue weighted by Gasteiger charge is 2.35. The Morgan fingerprint density at radius 1 is 1.33 bits per heavy atom. The van der Waals surface area contributed by atoms with Crippen LogP contribution in [0.25, 0.3) is 0 Å². The first-order chi connectivity index (χ1) is 15.7. The van der Waals surface area contributed by atoms with Gasteiger partial charge in [0.1, 0.15) is 6.10 Å². The molecule has 3 aliphatic rings. The molecule has 5 rings (SSSR count). The first-order valence-electron chi connectivity index (χ1n) is 11.1. The molecule has 1 saturated heterocycles. The van der Waals surface area contributed by atoms with Gasteiger partial charge in [0.25, 0.3) is 0 Å². The minimum absolute atomic E-state index is 0.123. The molecule has 1 aromatic carbocycles. The highest BCUT2D eigenvalue weighted by Crippen LogP contribution is 2.37. The van der Waals surface area contributed by atoms with E-state index in [1.54, 1.807) is 6.07 Å². The molecule has 33 heavy (non-hydrogen) atoms. The summed E-state index contributed by atoms with van der Waals surface area (Å²) in [6, 6.07) is 4.99. The molecule has 1 aliphatic carbocycles. The SMILES string of the molecule is CC1(NC(=O)OC2CCC(c3cc(Nc4ccc5c(c4F)CS(=O)(=O)C5)n[nH]3)C2)CCOC1. The van der Waals surface area contributed by atoms with Gasteiger partial charge in [-0.05, 0) is 44.2 Å². The maximum absolute atomic E-state index is 14.8. The molecule has 11 heteroatoms. The predicted molar refractivity (Wildman–Crippen MR) is 118 cm³/mol. The van der Waals surface area contributed by atoms with Crippen molar-refractivity contribution < 1.29 is 27.1 Å². The predicted octanol–water partition coefficient (Wildman–Crippen LogP) is 3.26. The van der Waals surface area contributed by atoms with Crippen LogP contribution in [-0.4, -0.2) is 49.6 Å². The quantitative estimate of drug-likeness (QED) is 0.603. The maximum Gasteiger partial charge on any atom is 0.407 e. The third kappa shape index (κ3) is 4.70. The normalized spacial score (nSPS) is 27.9. The van der Waals surface area contributed by atoms with E-state index in [0.717, 1.165) is 25.0 Å². The Hall–Kier alpha value is -2.66. The Kier molecular flexibility index (Phi) is 5.56. The number of nitrogens with one attached hydrogen (secondary N) is 3. The number of anilines is 2. The number of carbonyl (C=O) groups excluding carboxylic acids is 1. The molecule has 3 N–H and O–H groups in total. The molecule has 1 amide bonds. The van der Waals surface area contributed by atoms with E-state index in [0.29, 0.717) is 31.0 Å². The van der Waals surface area contributed by atoms with Crippen LogP contribution < -0.4 is 10.6 Å². The van der Waals surface area contributed by atoms with E-state index < -0.39 is 21.7 Å². The van der Waals surface area contributed by atoms with E-state index in [2.05, 4.69) is 20.8 Å². The van der Waals surface area contributed by atoms with Gasteiger partial charge < -0.3 is 20.1 Å². The van der Waals surface area contributed by atoms with E-state index >= 15 is 0 Å². The minimum Gasteiger partial charge on any atom is -0.446 e. The van der Waals surface area contributed by atoms with Crippen molar-refractivity contribution in [3.05, 3.63) is 40.8 Å². The van der Waals surface area contributed by atoms with E-state index in [1.165, 1.54) is 6.07 Å². The Morgan fingerprint density at radius 3 is 2.97 bits per heavy atom. The van der Waals surface area contributed by atoms with Gasteiger partial charge in [0.2, 0.25) is 0 Å². The van der Waals surface area contributed by atoms with Crippen molar-refractivity contribution in [2.75, 3.05) is 18.5 Å². The maximum atomic E-state index is 14.8. The number of nitrogens with zero attached hydrogens (tertiary/aromatic N) is 1. The highest BCUT2D eigenvalue weighted by atomic mass is 32.2. The summed E-state index contributed by atoms with van der Waals surface area (Å²) in [6.07, 6.45) is 2.42. The van der Waals surface area contributed by atoms with Crippen molar-refractivity contribution in [1.82, 2.24) is 15.5 Å². The zero-order valence-electron chi connectivity index (χ0n) is 18.3. The van der Waals surface area contributed by atoms with Crippen molar-refractivity contribution in [2.45, 2.75) is 61.7 Å². The van der Waals surface area contributed by atoms with Gasteiger partial charge in [0, 0.05) is 29.8 Å². The summed E-state index contributed by atoms with van der Waals surface area (Å²) in [5.74, 6) is -0.368. The summed E-state index contributed by atoms with van der Waals surface area (Å²) in [5.41, 5.74) is 1.43. The van der Waals surface area contributed by atoms with E-state index in [1.807, 2.05) is 13.0 Å². The van der Waals surface area contributed by atoms with Crippen molar-refractivity contribution in [2.24, 2.45) is 0 Å². The van der Waals surface area contributed by atoms with E-state index in [-0.39, 0.29) is 40.3 Å². The second-order valence-corrected chi connectivity index (χ2v) is 11.5. The van der Waals surface area contributed by atoms with Gasteiger partial charge in [-0.15, -0.1) is 0 Å². The molecule has 0 radical (unpaired) electrons. The lowest BCUT2D eigenvalue weighted by atomic mass is 10.0. The van der Waals surface area contributed by atoms with Crippen LogP contribution in [0.5, 0.6) is 0 Å². The Labute approximate surface area is 191 Å². The molecule has 0 bridgehead atoms. The fourth-order valence-corrected chi connectivity index (χ4v) is 6.43. The number of H-pyrrole nitrogens is 1. The Balaban J connectivity index is 1.18. The van der Waals surface area contributed by atoms with Crippen molar-refractivity contribution >= 4 is 27.4 Å². The summed E-state index contributed by atoms with van der Waals surface area (Å²) in [7, 11) is -3.28. The van der Waals surface area contributed by atoms with Crippen LogP contribution in [0.4, 0.5) is 20.7 Å². The summed E-state index contributed by atoms with van der Waals surface area (Å²) in [4.78, 5) is 12.3. The highest BCUT2D eigenvalue weighted by molar-refractivity contribution is 7.90. The van der Waals surface area contributed by atoms with Crippen LogP contribution in [0.2, 0.25) is 0 Å². The number of rotatable bonds is 5. The fraction of sp³-hybridized carbons (Fsp3) is 0.545. The van der Waals surface area contributed by atoms with Gasteiger partial charge in [-0.1, -0.05) is 6.07 Å². The monoisotopic (exact) mass is 478 g/mol. The molecule has 9 nitrogen and oxygen atoms in total. The zero-order chi connectivity index (χ0) is 23.2. The average molecular weight is 479 g/mol.